The third-order valence-corrected chi connectivity index (χ3v) is 2.77. The zero-order valence-corrected chi connectivity index (χ0v) is 12.2. The summed E-state index contributed by atoms with van der Waals surface area (Å²) in [5.41, 5.74) is 1.53. The minimum absolute atomic E-state index is 0.0765. The molecular weight excluding hydrogens is 272 g/mol. The Morgan fingerprint density at radius 3 is 2.86 bits per heavy atom. The van der Waals surface area contributed by atoms with Gasteiger partial charge in [0.1, 0.15) is 0 Å². The summed E-state index contributed by atoms with van der Waals surface area (Å²) in [6, 6.07) is 6.91. The van der Waals surface area contributed by atoms with Gasteiger partial charge in [0.05, 0.1) is 0 Å². The van der Waals surface area contributed by atoms with Crippen molar-refractivity contribution in [2.75, 3.05) is 25.1 Å². The van der Waals surface area contributed by atoms with E-state index in [9.17, 15) is 9.59 Å². The Labute approximate surface area is 124 Å². The van der Waals surface area contributed by atoms with Crippen LogP contribution in [0.25, 0.3) is 0 Å². The predicted octanol–water partition coefficient (Wildman–Crippen LogP) is 2.25. The quantitative estimate of drug-likeness (QED) is 0.610. The maximum Gasteiger partial charge on any atom is 0.319 e. The van der Waals surface area contributed by atoms with Crippen LogP contribution in [0, 0.1) is 0 Å². The molecule has 0 heterocycles. The number of carboxylic acids is 1. The van der Waals surface area contributed by atoms with E-state index in [1.165, 1.54) is 0 Å². The van der Waals surface area contributed by atoms with E-state index < -0.39 is 5.97 Å². The van der Waals surface area contributed by atoms with Gasteiger partial charge in [0.15, 0.2) is 0 Å². The van der Waals surface area contributed by atoms with Crippen molar-refractivity contribution in [3.63, 3.8) is 0 Å². The van der Waals surface area contributed by atoms with Gasteiger partial charge >= 0.3 is 12.0 Å². The molecule has 1 aromatic carbocycles. The second-order valence-corrected chi connectivity index (χ2v) is 4.53. The number of carbonyl (C=O) groups is 2. The number of benzene rings is 1. The number of carboxylic acid groups (broad SMARTS) is 1. The van der Waals surface area contributed by atoms with Crippen molar-refractivity contribution in [3.05, 3.63) is 29.8 Å². The fourth-order valence-corrected chi connectivity index (χ4v) is 1.75. The van der Waals surface area contributed by atoms with Gasteiger partial charge in [-0.15, -0.1) is 0 Å². The minimum atomic E-state index is -0.833. The van der Waals surface area contributed by atoms with Gasteiger partial charge in [0.25, 0.3) is 0 Å². The highest BCUT2D eigenvalue weighted by Gasteiger charge is 2.03. The normalized spacial score (nSPS) is 10.1. The molecule has 0 fully saturated rings. The van der Waals surface area contributed by atoms with Gasteiger partial charge in [0, 0.05) is 31.9 Å². The molecule has 6 heteroatoms. The van der Waals surface area contributed by atoms with Gasteiger partial charge in [-0.1, -0.05) is 12.1 Å². The maximum atomic E-state index is 11.7. The van der Waals surface area contributed by atoms with E-state index in [1.54, 1.807) is 18.2 Å². The summed E-state index contributed by atoms with van der Waals surface area (Å²) in [4.78, 5) is 22.2. The second kappa shape index (κ2) is 9.77. The van der Waals surface area contributed by atoms with Crippen molar-refractivity contribution < 1.29 is 19.4 Å². The third-order valence-electron chi connectivity index (χ3n) is 2.77. The van der Waals surface area contributed by atoms with Crippen LogP contribution in [0.5, 0.6) is 0 Å². The number of nitrogens with one attached hydrogen (secondary N) is 2. The van der Waals surface area contributed by atoms with Crippen LogP contribution < -0.4 is 10.6 Å². The molecule has 3 N–H and O–H groups in total. The topological polar surface area (TPSA) is 87.7 Å². The molecule has 0 aliphatic heterocycles. The molecule has 1 rings (SSSR count). The predicted molar refractivity (Wildman–Crippen MR) is 80.5 cm³/mol. The van der Waals surface area contributed by atoms with E-state index in [2.05, 4.69) is 10.6 Å². The summed E-state index contributed by atoms with van der Waals surface area (Å²) in [5.74, 6) is -0.833. The highest BCUT2D eigenvalue weighted by Crippen LogP contribution is 2.12. The van der Waals surface area contributed by atoms with Gasteiger partial charge < -0.3 is 20.5 Å². The molecule has 0 spiro atoms. The van der Waals surface area contributed by atoms with Gasteiger partial charge in [-0.2, -0.15) is 0 Å². The lowest BCUT2D eigenvalue weighted by molar-refractivity contribution is -0.136. The summed E-state index contributed by atoms with van der Waals surface area (Å²) in [7, 11) is 0. The van der Waals surface area contributed by atoms with Gasteiger partial charge in [0.2, 0.25) is 0 Å². The van der Waals surface area contributed by atoms with Crippen LogP contribution in [0.2, 0.25) is 0 Å². The highest BCUT2D eigenvalue weighted by molar-refractivity contribution is 5.89. The van der Waals surface area contributed by atoms with Crippen LogP contribution in [0.15, 0.2) is 24.3 Å². The Morgan fingerprint density at radius 2 is 2.14 bits per heavy atom. The van der Waals surface area contributed by atoms with Crippen LogP contribution in [0.4, 0.5) is 10.5 Å². The third kappa shape index (κ3) is 7.94. The first-order chi connectivity index (χ1) is 10.1. The van der Waals surface area contributed by atoms with Crippen molar-refractivity contribution in [1.82, 2.24) is 5.32 Å². The van der Waals surface area contributed by atoms with Crippen LogP contribution in [0.3, 0.4) is 0 Å². The number of aliphatic carboxylic acids is 1. The van der Waals surface area contributed by atoms with E-state index in [1.807, 2.05) is 13.0 Å². The van der Waals surface area contributed by atoms with Gasteiger partial charge in [-0.05, 0) is 37.5 Å². The Morgan fingerprint density at radius 1 is 1.33 bits per heavy atom. The largest absolute Gasteiger partial charge is 0.481 e. The molecule has 0 atom stereocenters. The molecule has 0 radical (unpaired) electrons. The summed E-state index contributed by atoms with van der Waals surface area (Å²) in [5, 5.41) is 14.1. The molecule has 0 bridgehead atoms. The summed E-state index contributed by atoms with van der Waals surface area (Å²) >= 11 is 0. The van der Waals surface area contributed by atoms with Crippen molar-refractivity contribution in [2.24, 2.45) is 0 Å². The molecule has 0 aromatic heterocycles. The first-order valence-electron chi connectivity index (χ1n) is 7.05. The fraction of sp³-hybridized carbons (Fsp3) is 0.467. The number of hydrogen-bond acceptors (Lipinski definition) is 3. The minimum Gasteiger partial charge on any atom is -0.481 e. The first-order valence-corrected chi connectivity index (χ1v) is 7.05. The van der Waals surface area contributed by atoms with Crippen LogP contribution >= 0.6 is 0 Å². The summed E-state index contributed by atoms with van der Waals surface area (Å²) < 4.78 is 5.18. The highest BCUT2D eigenvalue weighted by atomic mass is 16.5. The van der Waals surface area contributed by atoms with Crippen molar-refractivity contribution >= 4 is 17.7 Å². The molecule has 116 valence electrons. The van der Waals surface area contributed by atoms with E-state index in [0.29, 0.717) is 31.9 Å². The number of carbonyl (C=O) groups excluding carboxylic acids is 1. The maximum absolute atomic E-state index is 11.7. The zero-order chi connectivity index (χ0) is 15.5. The smallest absolute Gasteiger partial charge is 0.319 e. The molecule has 2 amide bonds. The number of hydrogen-bond donors (Lipinski definition) is 3. The molecule has 1 aromatic rings. The number of rotatable bonds is 9. The van der Waals surface area contributed by atoms with Crippen LogP contribution in [-0.4, -0.2) is 36.9 Å². The van der Waals surface area contributed by atoms with Gasteiger partial charge in [-0.25, -0.2) is 4.79 Å². The average molecular weight is 294 g/mol. The molecule has 21 heavy (non-hydrogen) atoms. The first kappa shape index (κ1) is 17.0. The lowest BCUT2D eigenvalue weighted by Gasteiger charge is -2.09. The van der Waals surface area contributed by atoms with Crippen LogP contribution in [-0.2, 0) is 16.0 Å². The standard InChI is InChI=1S/C15H22N2O4/c1-2-21-10-4-9-16-15(20)17-13-6-3-5-12(11-13)7-8-14(18)19/h3,5-6,11H,2,4,7-10H2,1H3,(H,18,19)(H2,16,17,20). The summed E-state index contributed by atoms with van der Waals surface area (Å²) in [6.45, 7) is 3.78. The summed E-state index contributed by atoms with van der Waals surface area (Å²) in [6.07, 6.45) is 1.29. The zero-order valence-electron chi connectivity index (χ0n) is 12.2. The Hall–Kier alpha value is -2.08. The Balaban J connectivity index is 2.34. The molecule has 6 nitrogen and oxygen atoms in total. The fourth-order valence-electron chi connectivity index (χ4n) is 1.75. The molecular formula is C15H22N2O4. The van der Waals surface area contributed by atoms with Crippen molar-refractivity contribution in [1.29, 1.82) is 0 Å². The molecule has 0 aliphatic carbocycles. The van der Waals surface area contributed by atoms with E-state index in [-0.39, 0.29) is 12.5 Å². The van der Waals surface area contributed by atoms with E-state index >= 15 is 0 Å². The molecule has 0 saturated carbocycles. The number of amides is 2. The van der Waals surface area contributed by atoms with Crippen molar-refractivity contribution in [3.8, 4) is 0 Å². The number of ether oxygens (including phenoxy) is 1. The van der Waals surface area contributed by atoms with Gasteiger partial charge in [-0.3, -0.25) is 4.79 Å². The lowest BCUT2D eigenvalue weighted by atomic mass is 10.1. The number of aryl methyl sites for hydroxylation is 1. The van der Waals surface area contributed by atoms with E-state index in [0.717, 1.165) is 12.0 Å². The number of urea groups is 1. The average Bonchev–Trinajstić information content (AvgIpc) is 2.45. The lowest BCUT2D eigenvalue weighted by Crippen LogP contribution is -2.30. The Kier molecular flexibility index (Phi) is 7.89. The Bertz CT molecular complexity index is 463. The van der Waals surface area contributed by atoms with Crippen molar-refractivity contribution in [2.45, 2.75) is 26.2 Å². The van der Waals surface area contributed by atoms with E-state index in [4.69, 9.17) is 9.84 Å². The molecule has 0 saturated heterocycles. The number of anilines is 1. The molecule has 0 unspecified atom stereocenters. The molecule has 0 aliphatic rings. The second-order valence-electron chi connectivity index (χ2n) is 4.53. The SMILES string of the molecule is CCOCCCNC(=O)Nc1cccc(CCC(=O)O)c1. The monoisotopic (exact) mass is 294 g/mol. The van der Waals surface area contributed by atoms with Crippen LogP contribution in [0.1, 0.15) is 25.3 Å².